The van der Waals surface area contributed by atoms with Crippen molar-refractivity contribution in [1.82, 2.24) is 0 Å². The Labute approximate surface area is 269 Å². The molecule has 12 nitrogen and oxygen atoms in total. The molecule has 0 aromatic carbocycles. The molecule has 0 heterocycles. The minimum atomic E-state index is -1.49. The monoisotopic (exact) mass is 644 g/mol. The van der Waals surface area contributed by atoms with Gasteiger partial charge in [0.1, 0.15) is 5.41 Å². The third-order valence-corrected chi connectivity index (χ3v) is 6.42. The smallest absolute Gasteiger partial charge is 0.332 e. The summed E-state index contributed by atoms with van der Waals surface area (Å²) in [5.74, 6) is -2.06. The molecular formula is C33H56O12. The number of carbonyl (C=O) groups is 3. The molecule has 0 amide bonds. The molecule has 0 fully saturated rings. The zero-order chi connectivity index (χ0) is 34.3. The molecule has 45 heavy (non-hydrogen) atoms. The Morgan fingerprint density at radius 2 is 0.800 bits per heavy atom. The second-order valence-corrected chi connectivity index (χ2v) is 9.92. The van der Waals surface area contributed by atoms with E-state index in [1.807, 2.05) is 27.7 Å². The van der Waals surface area contributed by atoms with Gasteiger partial charge in [0.05, 0.1) is 0 Å². The van der Waals surface area contributed by atoms with Gasteiger partial charge in [0.2, 0.25) is 18.9 Å². The van der Waals surface area contributed by atoms with E-state index in [4.69, 9.17) is 42.6 Å². The first kappa shape index (κ1) is 42.4. The topological polar surface area (TPSA) is 134 Å². The summed E-state index contributed by atoms with van der Waals surface area (Å²) in [6.45, 7) is 24.0. The van der Waals surface area contributed by atoms with Gasteiger partial charge >= 0.3 is 17.9 Å². The molecule has 0 N–H and O–H groups in total. The van der Waals surface area contributed by atoms with Gasteiger partial charge in [-0.05, 0) is 25.7 Å². The fourth-order valence-corrected chi connectivity index (χ4v) is 4.04. The lowest BCUT2D eigenvalue weighted by Gasteiger charge is -2.49. The molecule has 0 saturated carbocycles. The Balaban J connectivity index is 7.48. The minimum absolute atomic E-state index is 0.188. The van der Waals surface area contributed by atoms with Crippen molar-refractivity contribution in [2.24, 2.45) is 5.41 Å². The van der Waals surface area contributed by atoms with Gasteiger partial charge in [-0.15, -0.1) is 0 Å². The van der Waals surface area contributed by atoms with E-state index in [-0.39, 0.29) is 45.5 Å². The maximum absolute atomic E-state index is 12.2. The van der Waals surface area contributed by atoms with Gasteiger partial charge in [0, 0.05) is 57.3 Å². The summed E-state index contributed by atoms with van der Waals surface area (Å²) in [5.41, 5.74) is -1.49. The largest absolute Gasteiger partial charge is 0.433 e. The second kappa shape index (κ2) is 24.6. The fourth-order valence-electron chi connectivity index (χ4n) is 4.04. The standard InChI is InChI=1S/C33H56O12/c1-11-21-37-30(43-27(17-7)40-24(34)14-4)33(20-10,31(38-22-12-2)44-28(18-8)41-25(35)15-5)32(39-23-13-3)45-29(19-9)42-26(36)16-6/h14-16,27-32H,4-6,11-13,17-23H2,1-3,7-10H3. The van der Waals surface area contributed by atoms with Gasteiger partial charge in [-0.3, -0.25) is 0 Å². The highest BCUT2D eigenvalue weighted by Crippen LogP contribution is 2.44. The van der Waals surface area contributed by atoms with E-state index in [2.05, 4.69) is 19.7 Å². The lowest BCUT2D eigenvalue weighted by molar-refractivity contribution is -0.403. The molecule has 0 aliphatic rings. The summed E-state index contributed by atoms with van der Waals surface area (Å²) in [6, 6.07) is 0. The van der Waals surface area contributed by atoms with Crippen molar-refractivity contribution >= 4 is 17.9 Å². The first-order valence-electron chi connectivity index (χ1n) is 15.9. The average molecular weight is 645 g/mol. The van der Waals surface area contributed by atoms with E-state index < -0.39 is 61.1 Å². The highest BCUT2D eigenvalue weighted by Gasteiger charge is 2.57. The predicted octanol–water partition coefficient (Wildman–Crippen LogP) is 6.09. The first-order valence-corrected chi connectivity index (χ1v) is 15.9. The molecule has 0 saturated heterocycles. The van der Waals surface area contributed by atoms with E-state index >= 15 is 0 Å². The van der Waals surface area contributed by atoms with E-state index in [0.717, 1.165) is 18.2 Å². The third-order valence-electron chi connectivity index (χ3n) is 6.42. The molecule has 0 aliphatic carbocycles. The first-order chi connectivity index (χ1) is 21.6. The highest BCUT2D eigenvalue weighted by atomic mass is 16.8. The molecule has 6 unspecified atom stereocenters. The Hall–Kier alpha value is -2.61. The van der Waals surface area contributed by atoms with Crippen molar-refractivity contribution in [3.63, 3.8) is 0 Å². The van der Waals surface area contributed by atoms with E-state index in [0.29, 0.717) is 19.3 Å². The summed E-state index contributed by atoms with van der Waals surface area (Å²) in [4.78, 5) is 36.6. The zero-order valence-corrected chi connectivity index (χ0v) is 28.3. The molecule has 0 aliphatic heterocycles. The van der Waals surface area contributed by atoms with Crippen LogP contribution in [0.1, 0.15) is 93.4 Å². The molecule has 0 aromatic heterocycles. The van der Waals surface area contributed by atoms with Crippen molar-refractivity contribution in [1.29, 1.82) is 0 Å². The molecule has 0 radical (unpaired) electrons. The van der Waals surface area contributed by atoms with Gasteiger partial charge in [0.25, 0.3) is 0 Å². The Kier molecular flexibility index (Phi) is 23.2. The Bertz CT molecular complexity index is 768. The van der Waals surface area contributed by atoms with Gasteiger partial charge < -0.3 is 42.6 Å². The number of rotatable bonds is 28. The van der Waals surface area contributed by atoms with Gasteiger partial charge in [-0.25, -0.2) is 14.4 Å². The van der Waals surface area contributed by atoms with Crippen LogP contribution in [0, 0.1) is 5.41 Å². The van der Waals surface area contributed by atoms with Crippen LogP contribution in [0.3, 0.4) is 0 Å². The van der Waals surface area contributed by atoms with Crippen molar-refractivity contribution in [3.8, 4) is 0 Å². The van der Waals surface area contributed by atoms with Crippen molar-refractivity contribution < 1.29 is 57.0 Å². The molecule has 260 valence electrons. The summed E-state index contributed by atoms with van der Waals surface area (Å²) in [6.07, 6.45) is -1.03. The van der Waals surface area contributed by atoms with Crippen molar-refractivity contribution in [2.75, 3.05) is 19.8 Å². The zero-order valence-electron chi connectivity index (χ0n) is 28.3. The van der Waals surface area contributed by atoms with Crippen LogP contribution < -0.4 is 0 Å². The maximum Gasteiger partial charge on any atom is 0.332 e. The number of hydrogen-bond donors (Lipinski definition) is 0. The van der Waals surface area contributed by atoms with Crippen LogP contribution in [0.2, 0.25) is 0 Å². The fraction of sp³-hybridized carbons (Fsp3) is 0.727. The molecule has 0 aromatic rings. The van der Waals surface area contributed by atoms with Crippen molar-refractivity contribution in [3.05, 3.63) is 38.0 Å². The number of carbonyl (C=O) groups excluding carboxylic acids is 3. The summed E-state index contributed by atoms with van der Waals surface area (Å²) >= 11 is 0. The van der Waals surface area contributed by atoms with Crippen molar-refractivity contribution in [2.45, 2.75) is 131 Å². The maximum atomic E-state index is 12.2. The van der Waals surface area contributed by atoms with Crippen LogP contribution in [0.25, 0.3) is 0 Å². The van der Waals surface area contributed by atoms with E-state index in [1.54, 1.807) is 20.8 Å². The normalized spacial score (nSPS) is 16.6. The van der Waals surface area contributed by atoms with E-state index in [9.17, 15) is 14.4 Å². The van der Waals surface area contributed by atoms with Crippen LogP contribution in [-0.2, 0) is 57.0 Å². The van der Waals surface area contributed by atoms with Crippen LogP contribution >= 0.6 is 0 Å². The summed E-state index contributed by atoms with van der Waals surface area (Å²) < 4.78 is 54.7. The van der Waals surface area contributed by atoms with Crippen LogP contribution in [-0.4, -0.2) is 75.5 Å². The van der Waals surface area contributed by atoms with Gasteiger partial charge in [-0.1, -0.05) is 68.2 Å². The molecular weight excluding hydrogens is 588 g/mol. The van der Waals surface area contributed by atoms with Crippen LogP contribution in [0.15, 0.2) is 38.0 Å². The SMILES string of the molecule is C=CC(=O)OC(CC)OC(OCCC)C(CC)(C(OCCC)OC(CC)OC(=O)C=C)C(OCCC)OC(CC)OC(=O)C=C. The third kappa shape index (κ3) is 14.6. The Morgan fingerprint density at radius 1 is 0.533 bits per heavy atom. The minimum Gasteiger partial charge on any atom is -0.433 e. The summed E-state index contributed by atoms with van der Waals surface area (Å²) in [7, 11) is 0. The molecule has 0 bridgehead atoms. The van der Waals surface area contributed by atoms with Gasteiger partial charge in [0.15, 0.2) is 18.9 Å². The molecule has 12 heteroatoms. The number of hydrogen-bond acceptors (Lipinski definition) is 12. The lowest BCUT2D eigenvalue weighted by atomic mass is 9.81. The molecule has 6 atom stereocenters. The lowest BCUT2D eigenvalue weighted by Crippen LogP contribution is -2.60. The second-order valence-electron chi connectivity index (χ2n) is 9.92. The van der Waals surface area contributed by atoms with Gasteiger partial charge in [-0.2, -0.15) is 0 Å². The highest BCUT2D eigenvalue weighted by molar-refractivity contribution is 5.81. The number of esters is 3. The van der Waals surface area contributed by atoms with Crippen LogP contribution in [0.4, 0.5) is 0 Å². The summed E-state index contributed by atoms with van der Waals surface area (Å²) in [5, 5.41) is 0. The number of ether oxygens (including phenoxy) is 9. The quantitative estimate of drug-likeness (QED) is 0.0422. The Morgan fingerprint density at radius 3 is 0.978 bits per heavy atom. The molecule has 0 spiro atoms. The average Bonchev–Trinajstić information content (AvgIpc) is 3.06. The molecule has 0 rings (SSSR count). The van der Waals surface area contributed by atoms with E-state index in [1.165, 1.54) is 0 Å². The van der Waals surface area contributed by atoms with Crippen LogP contribution in [0.5, 0.6) is 0 Å². The predicted molar refractivity (Wildman–Crippen MR) is 167 cm³/mol.